The highest BCUT2D eigenvalue weighted by molar-refractivity contribution is 6.25. The molecule has 0 aliphatic carbocycles. The third kappa shape index (κ3) is 5.38. The molecule has 12 aromatic rings. The number of nitrogens with zero attached hydrogens (tertiary/aromatic N) is 2. The molecule has 12 rings (SSSR count). The number of fused-ring (bicyclic) bond motifs is 7. The van der Waals surface area contributed by atoms with Crippen molar-refractivity contribution in [3.05, 3.63) is 218 Å². The minimum Gasteiger partial charge on any atom is -0.292 e. The second kappa shape index (κ2) is 13.4. The van der Waals surface area contributed by atoms with E-state index in [2.05, 4.69) is 223 Å². The number of para-hydroxylation sites is 2. The summed E-state index contributed by atoms with van der Waals surface area (Å²) in [4.78, 5) is 5.08. The van der Waals surface area contributed by atoms with Gasteiger partial charge in [0, 0.05) is 11.3 Å². The number of rotatable bonds is 5. The average Bonchev–Trinajstić information content (AvgIpc) is 3.70. The Balaban J connectivity index is 1.08. The van der Waals surface area contributed by atoms with Crippen LogP contribution in [0.3, 0.4) is 0 Å². The lowest BCUT2D eigenvalue weighted by molar-refractivity contribution is 1.10. The van der Waals surface area contributed by atoms with Crippen molar-refractivity contribution >= 4 is 64.9 Å². The highest BCUT2D eigenvalue weighted by atomic mass is 15.1. The number of hydrogen-bond acceptors (Lipinski definition) is 1. The van der Waals surface area contributed by atoms with Gasteiger partial charge in [0.2, 0.25) is 0 Å². The van der Waals surface area contributed by atoms with Gasteiger partial charge >= 0.3 is 0 Å². The summed E-state index contributed by atoms with van der Waals surface area (Å²) in [7, 11) is 0. The van der Waals surface area contributed by atoms with E-state index in [9.17, 15) is 0 Å². The molecule has 2 nitrogen and oxygen atoms in total. The fourth-order valence-electron chi connectivity index (χ4n) is 9.43. The molecule has 0 unspecified atom stereocenters. The molecule has 0 amide bonds. The lowest BCUT2D eigenvalue weighted by atomic mass is 9.83. The van der Waals surface area contributed by atoms with E-state index in [0.29, 0.717) is 0 Å². The molecule has 274 valence electrons. The quantitative estimate of drug-likeness (QED) is 0.127. The van der Waals surface area contributed by atoms with E-state index in [1.807, 2.05) is 0 Å². The third-order valence-corrected chi connectivity index (χ3v) is 12.2. The van der Waals surface area contributed by atoms with Gasteiger partial charge in [0.1, 0.15) is 5.82 Å². The first-order valence-corrected chi connectivity index (χ1v) is 20.3. The summed E-state index contributed by atoms with van der Waals surface area (Å²) in [6, 6.07) is 79.6. The van der Waals surface area contributed by atoms with Gasteiger partial charge in [0.05, 0.1) is 11.0 Å². The SMILES string of the molecule is c1ccc(-c2c3ccccc3c(-c3cccc4cc5c(ccc6ccccc65)cc34)c3ccc(-c4ccc(-n5c(-c6ccccc6)nc6ccccc65)cc4)cc23)cc1. The highest BCUT2D eigenvalue weighted by Crippen LogP contribution is 2.47. The standard InChI is InChI=1S/C57H36N2/c1-3-15-39(16-4-1)55-46-21-9-10-22-47(46)56(48-23-13-19-42-35-50-43(36-51(42)48)27-26-38-14-7-8-20-45(38)50)49-33-30-41(34-52(49)55)37-28-31-44(32-29-37)59-54-25-12-11-24-53(54)58-57(59)40-17-5-2-6-18-40/h1-36H. The van der Waals surface area contributed by atoms with Gasteiger partial charge in [0.25, 0.3) is 0 Å². The van der Waals surface area contributed by atoms with E-state index in [0.717, 1.165) is 28.1 Å². The number of benzene rings is 11. The van der Waals surface area contributed by atoms with E-state index in [-0.39, 0.29) is 0 Å². The minimum absolute atomic E-state index is 0.937. The lowest BCUT2D eigenvalue weighted by Crippen LogP contribution is -1.97. The molecule has 1 heterocycles. The summed E-state index contributed by atoms with van der Waals surface area (Å²) in [5.41, 5.74) is 11.6. The molecule has 0 spiro atoms. The van der Waals surface area contributed by atoms with Crippen LogP contribution in [0, 0.1) is 0 Å². The predicted octanol–water partition coefficient (Wildman–Crippen LogP) is 15.5. The predicted molar refractivity (Wildman–Crippen MR) is 250 cm³/mol. The van der Waals surface area contributed by atoms with Crippen LogP contribution >= 0.6 is 0 Å². The van der Waals surface area contributed by atoms with Crippen LogP contribution in [-0.4, -0.2) is 9.55 Å². The normalized spacial score (nSPS) is 11.7. The van der Waals surface area contributed by atoms with Crippen molar-refractivity contribution in [3.8, 4) is 50.5 Å². The molecular weight excluding hydrogens is 713 g/mol. The molecule has 0 atom stereocenters. The summed E-state index contributed by atoms with van der Waals surface area (Å²) >= 11 is 0. The van der Waals surface area contributed by atoms with Crippen molar-refractivity contribution in [1.29, 1.82) is 0 Å². The van der Waals surface area contributed by atoms with Gasteiger partial charge in [0.15, 0.2) is 0 Å². The van der Waals surface area contributed by atoms with Gasteiger partial charge < -0.3 is 0 Å². The van der Waals surface area contributed by atoms with Crippen LogP contribution in [0.2, 0.25) is 0 Å². The fourth-order valence-corrected chi connectivity index (χ4v) is 9.43. The average molecular weight is 749 g/mol. The van der Waals surface area contributed by atoms with Gasteiger partial charge in [-0.15, -0.1) is 0 Å². The summed E-state index contributed by atoms with van der Waals surface area (Å²) in [5.74, 6) is 0.937. The Kier molecular flexibility index (Phi) is 7.57. The first-order chi connectivity index (χ1) is 29.3. The van der Waals surface area contributed by atoms with Gasteiger partial charge in [-0.1, -0.05) is 176 Å². The van der Waals surface area contributed by atoms with Crippen molar-refractivity contribution in [1.82, 2.24) is 9.55 Å². The molecule has 59 heavy (non-hydrogen) atoms. The van der Waals surface area contributed by atoms with Crippen LogP contribution in [-0.2, 0) is 0 Å². The molecule has 11 aromatic carbocycles. The van der Waals surface area contributed by atoms with Gasteiger partial charge in [-0.05, 0) is 130 Å². The van der Waals surface area contributed by atoms with E-state index in [4.69, 9.17) is 4.98 Å². The molecule has 0 fully saturated rings. The van der Waals surface area contributed by atoms with Crippen LogP contribution in [0.25, 0.3) is 115 Å². The number of hydrogen-bond donors (Lipinski definition) is 0. The Labute approximate surface area is 341 Å². The van der Waals surface area contributed by atoms with E-state index >= 15 is 0 Å². The van der Waals surface area contributed by atoms with Gasteiger partial charge in [-0.25, -0.2) is 4.98 Å². The first-order valence-electron chi connectivity index (χ1n) is 20.3. The smallest absolute Gasteiger partial charge is 0.145 e. The largest absolute Gasteiger partial charge is 0.292 e. The maximum absolute atomic E-state index is 5.08. The van der Waals surface area contributed by atoms with E-state index < -0.39 is 0 Å². The summed E-state index contributed by atoms with van der Waals surface area (Å²) in [6.07, 6.45) is 0. The monoisotopic (exact) mass is 748 g/mol. The highest BCUT2D eigenvalue weighted by Gasteiger charge is 2.20. The third-order valence-electron chi connectivity index (χ3n) is 12.2. The van der Waals surface area contributed by atoms with Crippen LogP contribution < -0.4 is 0 Å². The Bertz CT molecular complexity index is 3580. The lowest BCUT2D eigenvalue weighted by Gasteiger charge is -2.20. The van der Waals surface area contributed by atoms with Crippen molar-refractivity contribution in [2.24, 2.45) is 0 Å². The fraction of sp³-hybridized carbons (Fsp3) is 0. The van der Waals surface area contributed by atoms with Crippen molar-refractivity contribution in [2.45, 2.75) is 0 Å². The molecule has 0 aliphatic rings. The Morgan fingerprint density at radius 2 is 0.898 bits per heavy atom. The van der Waals surface area contributed by atoms with Crippen molar-refractivity contribution < 1.29 is 0 Å². The van der Waals surface area contributed by atoms with Gasteiger partial charge in [-0.2, -0.15) is 0 Å². The topological polar surface area (TPSA) is 17.8 Å². The van der Waals surface area contributed by atoms with Crippen molar-refractivity contribution in [3.63, 3.8) is 0 Å². The molecule has 0 radical (unpaired) electrons. The summed E-state index contributed by atoms with van der Waals surface area (Å²) in [5, 5.41) is 12.6. The maximum Gasteiger partial charge on any atom is 0.145 e. The summed E-state index contributed by atoms with van der Waals surface area (Å²) < 4.78 is 2.27. The van der Waals surface area contributed by atoms with Crippen LogP contribution in [0.1, 0.15) is 0 Å². The Morgan fingerprint density at radius 3 is 1.71 bits per heavy atom. The zero-order chi connectivity index (χ0) is 38.9. The van der Waals surface area contributed by atoms with Gasteiger partial charge in [-0.3, -0.25) is 4.57 Å². The summed E-state index contributed by atoms with van der Waals surface area (Å²) in [6.45, 7) is 0. The molecule has 0 N–H and O–H groups in total. The number of aromatic nitrogens is 2. The van der Waals surface area contributed by atoms with Crippen LogP contribution in [0.15, 0.2) is 218 Å². The zero-order valence-corrected chi connectivity index (χ0v) is 32.2. The Hall–Kier alpha value is -7.81. The molecule has 2 heteroatoms. The molecule has 0 saturated heterocycles. The Morgan fingerprint density at radius 1 is 0.305 bits per heavy atom. The molecule has 0 saturated carbocycles. The number of imidazole rings is 1. The van der Waals surface area contributed by atoms with E-state index in [1.165, 1.54) is 87.2 Å². The maximum atomic E-state index is 5.08. The molecule has 0 bridgehead atoms. The van der Waals surface area contributed by atoms with E-state index in [1.54, 1.807) is 0 Å². The molecule has 0 aliphatic heterocycles. The van der Waals surface area contributed by atoms with Crippen molar-refractivity contribution in [2.75, 3.05) is 0 Å². The minimum atomic E-state index is 0.937. The van der Waals surface area contributed by atoms with Crippen LogP contribution in [0.4, 0.5) is 0 Å². The van der Waals surface area contributed by atoms with Crippen LogP contribution in [0.5, 0.6) is 0 Å². The molecular formula is C57H36N2. The second-order valence-electron chi connectivity index (χ2n) is 15.5. The second-order valence-corrected chi connectivity index (χ2v) is 15.5. The first kappa shape index (κ1) is 33.3. The zero-order valence-electron chi connectivity index (χ0n) is 32.2. The molecule has 1 aromatic heterocycles.